The predicted octanol–water partition coefficient (Wildman–Crippen LogP) is 2.76. The van der Waals surface area contributed by atoms with Crippen molar-refractivity contribution in [1.82, 2.24) is 0 Å². The fraction of sp³-hybridized carbons (Fsp3) is 0.889. The Morgan fingerprint density at radius 1 is 1.55 bits per heavy atom. The number of halogens is 1. The molecule has 0 amide bonds. The molecule has 0 bridgehead atoms. The third-order valence-electron chi connectivity index (χ3n) is 2.46. The third-order valence-corrected chi connectivity index (χ3v) is 2.94. The number of hydrogen-bond donors (Lipinski definition) is 0. The highest BCUT2D eigenvalue weighted by atomic mass is 35.5. The molecule has 0 aromatic carbocycles. The van der Waals surface area contributed by atoms with Crippen LogP contribution in [0.3, 0.4) is 0 Å². The standard InChI is InChI=1S/C9H15ClO/c1-7(11)9(10)6-8-4-2-3-5-8/h8-9H,2-6H2,1H3. The zero-order chi connectivity index (χ0) is 8.27. The molecule has 0 spiro atoms. The van der Waals surface area contributed by atoms with Crippen LogP contribution in [0.2, 0.25) is 0 Å². The molecule has 64 valence electrons. The molecule has 1 atom stereocenters. The van der Waals surface area contributed by atoms with Gasteiger partial charge in [0.2, 0.25) is 0 Å². The summed E-state index contributed by atoms with van der Waals surface area (Å²) in [6.07, 6.45) is 6.10. The van der Waals surface area contributed by atoms with E-state index in [1.54, 1.807) is 6.92 Å². The Morgan fingerprint density at radius 3 is 2.55 bits per heavy atom. The van der Waals surface area contributed by atoms with Crippen LogP contribution in [0.15, 0.2) is 0 Å². The van der Waals surface area contributed by atoms with Crippen LogP contribution in [0.1, 0.15) is 39.0 Å². The van der Waals surface area contributed by atoms with Crippen molar-refractivity contribution in [2.24, 2.45) is 5.92 Å². The first-order valence-electron chi connectivity index (χ1n) is 4.34. The van der Waals surface area contributed by atoms with Gasteiger partial charge in [-0.05, 0) is 19.3 Å². The summed E-state index contributed by atoms with van der Waals surface area (Å²) in [4.78, 5) is 10.8. The molecule has 11 heavy (non-hydrogen) atoms. The molecule has 0 saturated heterocycles. The fourth-order valence-corrected chi connectivity index (χ4v) is 1.96. The van der Waals surface area contributed by atoms with Crippen LogP contribution in [0.4, 0.5) is 0 Å². The summed E-state index contributed by atoms with van der Waals surface area (Å²) < 4.78 is 0. The average Bonchev–Trinajstić information content (AvgIpc) is 2.39. The van der Waals surface area contributed by atoms with Crippen LogP contribution < -0.4 is 0 Å². The lowest BCUT2D eigenvalue weighted by Gasteiger charge is -2.10. The normalized spacial score (nSPS) is 22.0. The molecule has 1 nitrogen and oxygen atoms in total. The second-order valence-electron chi connectivity index (χ2n) is 3.46. The summed E-state index contributed by atoms with van der Waals surface area (Å²) in [7, 11) is 0. The maximum Gasteiger partial charge on any atom is 0.147 e. The van der Waals surface area contributed by atoms with Gasteiger partial charge in [0.1, 0.15) is 5.78 Å². The minimum Gasteiger partial charge on any atom is -0.298 e. The molecule has 0 N–H and O–H groups in total. The molecule has 1 aliphatic rings. The molecular formula is C9H15ClO. The van der Waals surface area contributed by atoms with E-state index in [1.165, 1.54) is 25.7 Å². The molecule has 1 aliphatic carbocycles. The van der Waals surface area contributed by atoms with Crippen molar-refractivity contribution in [2.75, 3.05) is 0 Å². The van der Waals surface area contributed by atoms with Crippen LogP contribution in [-0.2, 0) is 4.79 Å². The van der Waals surface area contributed by atoms with Crippen LogP contribution in [0, 0.1) is 5.92 Å². The molecule has 0 aromatic heterocycles. The van der Waals surface area contributed by atoms with Crippen molar-refractivity contribution in [1.29, 1.82) is 0 Å². The third kappa shape index (κ3) is 2.82. The second kappa shape index (κ2) is 4.10. The van der Waals surface area contributed by atoms with E-state index in [-0.39, 0.29) is 11.2 Å². The number of hydrogen-bond acceptors (Lipinski definition) is 1. The van der Waals surface area contributed by atoms with Crippen molar-refractivity contribution in [3.8, 4) is 0 Å². The first-order chi connectivity index (χ1) is 5.20. The van der Waals surface area contributed by atoms with E-state index in [2.05, 4.69) is 0 Å². The number of carbonyl (C=O) groups is 1. The van der Waals surface area contributed by atoms with E-state index in [4.69, 9.17) is 11.6 Å². The van der Waals surface area contributed by atoms with Crippen LogP contribution in [0.5, 0.6) is 0 Å². The van der Waals surface area contributed by atoms with Gasteiger partial charge in [0, 0.05) is 0 Å². The summed E-state index contributed by atoms with van der Waals surface area (Å²) in [5.41, 5.74) is 0. The van der Waals surface area contributed by atoms with E-state index in [9.17, 15) is 4.79 Å². The highest BCUT2D eigenvalue weighted by Crippen LogP contribution is 2.29. The number of carbonyl (C=O) groups excluding carboxylic acids is 1. The highest BCUT2D eigenvalue weighted by Gasteiger charge is 2.20. The van der Waals surface area contributed by atoms with Gasteiger partial charge >= 0.3 is 0 Å². The predicted molar refractivity (Wildman–Crippen MR) is 46.9 cm³/mol. The molecule has 1 rings (SSSR count). The summed E-state index contributed by atoms with van der Waals surface area (Å²) in [5.74, 6) is 0.847. The van der Waals surface area contributed by atoms with E-state index < -0.39 is 0 Å². The summed E-state index contributed by atoms with van der Waals surface area (Å²) >= 11 is 5.85. The smallest absolute Gasteiger partial charge is 0.147 e. The molecule has 0 heterocycles. The lowest BCUT2D eigenvalue weighted by atomic mass is 10.0. The largest absolute Gasteiger partial charge is 0.298 e. The van der Waals surface area contributed by atoms with E-state index in [0.29, 0.717) is 0 Å². The zero-order valence-electron chi connectivity index (χ0n) is 6.98. The van der Waals surface area contributed by atoms with Crippen LogP contribution in [0.25, 0.3) is 0 Å². The topological polar surface area (TPSA) is 17.1 Å². The maximum atomic E-state index is 10.8. The molecule has 0 radical (unpaired) electrons. The minimum atomic E-state index is -0.224. The van der Waals surface area contributed by atoms with Gasteiger partial charge in [-0.2, -0.15) is 0 Å². The Kier molecular flexibility index (Phi) is 3.38. The quantitative estimate of drug-likeness (QED) is 0.602. The Labute approximate surface area is 73.1 Å². The lowest BCUT2D eigenvalue weighted by Crippen LogP contribution is -2.13. The van der Waals surface area contributed by atoms with Gasteiger partial charge in [-0.3, -0.25) is 4.79 Å². The monoisotopic (exact) mass is 174 g/mol. The van der Waals surface area contributed by atoms with Crippen molar-refractivity contribution in [3.63, 3.8) is 0 Å². The summed E-state index contributed by atoms with van der Waals surface area (Å²) in [6.45, 7) is 1.58. The second-order valence-corrected chi connectivity index (χ2v) is 3.99. The number of Topliss-reactive ketones (excluding diaryl/α,β-unsaturated/α-hetero) is 1. The minimum absolute atomic E-state index is 0.124. The first kappa shape index (κ1) is 9.05. The summed E-state index contributed by atoms with van der Waals surface area (Å²) in [6, 6.07) is 0. The van der Waals surface area contributed by atoms with Crippen LogP contribution >= 0.6 is 11.6 Å². The van der Waals surface area contributed by atoms with Crippen LogP contribution in [-0.4, -0.2) is 11.2 Å². The lowest BCUT2D eigenvalue weighted by molar-refractivity contribution is -0.116. The number of rotatable bonds is 3. The SMILES string of the molecule is CC(=O)C(Cl)CC1CCCC1. The number of ketones is 1. The zero-order valence-corrected chi connectivity index (χ0v) is 7.73. The van der Waals surface area contributed by atoms with Crippen molar-refractivity contribution in [2.45, 2.75) is 44.4 Å². The average molecular weight is 175 g/mol. The van der Waals surface area contributed by atoms with E-state index >= 15 is 0 Å². The van der Waals surface area contributed by atoms with Gasteiger partial charge in [0.15, 0.2) is 0 Å². The van der Waals surface area contributed by atoms with Crippen molar-refractivity contribution >= 4 is 17.4 Å². The van der Waals surface area contributed by atoms with Crippen molar-refractivity contribution < 1.29 is 4.79 Å². The van der Waals surface area contributed by atoms with Gasteiger partial charge in [-0.1, -0.05) is 25.7 Å². The highest BCUT2D eigenvalue weighted by molar-refractivity contribution is 6.30. The molecule has 2 heteroatoms. The Balaban J connectivity index is 2.23. The van der Waals surface area contributed by atoms with E-state index in [0.717, 1.165) is 12.3 Å². The maximum absolute atomic E-state index is 10.8. The summed E-state index contributed by atoms with van der Waals surface area (Å²) in [5, 5.41) is -0.224. The molecule has 0 aromatic rings. The molecule has 0 aliphatic heterocycles. The van der Waals surface area contributed by atoms with Gasteiger partial charge in [0.25, 0.3) is 0 Å². The van der Waals surface area contributed by atoms with Gasteiger partial charge in [-0.25, -0.2) is 0 Å². The first-order valence-corrected chi connectivity index (χ1v) is 4.78. The molecule has 1 unspecified atom stereocenters. The Morgan fingerprint density at radius 2 is 2.09 bits per heavy atom. The van der Waals surface area contributed by atoms with Gasteiger partial charge in [0.05, 0.1) is 5.38 Å². The van der Waals surface area contributed by atoms with Gasteiger partial charge in [-0.15, -0.1) is 11.6 Å². The molecular weight excluding hydrogens is 160 g/mol. The fourth-order valence-electron chi connectivity index (χ4n) is 1.70. The number of alkyl halides is 1. The van der Waals surface area contributed by atoms with Gasteiger partial charge < -0.3 is 0 Å². The van der Waals surface area contributed by atoms with E-state index in [1.807, 2.05) is 0 Å². The van der Waals surface area contributed by atoms with Crippen molar-refractivity contribution in [3.05, 3.63) is 0 Å². The Bertz CT molecular complexity index is 138. The Hall–Kier alpha value is -0.0400. The molecule has 1 fully saturated rings. The molecule has 1 saturated carbocycles.